The second-order valence-corrected chi connectivity index (χ2v) is 8.97. The number of alkyl halides is 3. The van der Waals surface area contributed by atoms with Gasteiger partial charge in [0.05, 0.1) is 10.7 Å². The fourth-order valence-electron chi connectivity index (χ4n) is 4.29. The highest BCUT2D eigenvalue weighted by atomic mass is 35.5. The monoisotopic (exact) mass is 467 g/mol. The van der Waals surface area contributed by atoms with Crippen molar-refractivity contribution in [2.24, 2.45) is 5.92 Å². The Morgan fingerprint density at radius 1 is 1.00 bits per heavy atom. The highest BCUT2D eigenvalue weighted by molar-refractivity contribution is 6.33. The van der Waals surface area contributed by atoms with Crippen LogP contribution >= 0.6 is 11.6 Å². The zero-order valence-corrected chi connectivity index (χ0v) is 18.0. The van der Waals surface area contributed by atoms with Crippen LogP contribution in [-0.2, 0) is 19.1 Å². The van der Waals surface area contributed by atoms with Gasteiger partial charge in [0.1, 0.15) is 17.3 Å². The zero-order chi connectivity index (χ0) is 22.5. The van der Waals surface area contributed by atoms with Crippen LogP contribution in [0.1, 0.15) is 29.9 Å². The number of rotatable bonds is 5. The third-order valence-electron chi connectivity index (χ3n) is 6.12. The lowest BCUT2D eigenvalue weighted by Crippen LogP contribution is -2.46. The van der Waals surface area contributed by atoms with Gasteiger partial charge in [-0.2, -0.15) is 13.2 Å². The van der Waals surface area contributed by atoms with Gasteiger partial charge < -0.3 is 4.90 Å². The number of nitrogens with zero attached hydrogens (tertiary/aromatic N) is 5. The molecule has 0 amide bonds. The van der Waals surface area contributed by atoms with Gasteiger partial charge in [-0.1, -0.05) is 11.6 Å². The van der Waals surface area contributed by atoms with Crippen LogP contribution in [0.15, 0.2) is 30.3 Å². The number of pyridine rings is 1. The number of benzene rings is 1. The van der Waals surface area contributed by atoms with E-state index >= 15 is 0 Å². The standard InChI is InChI=1S/C22H22ClF4N5/c23-17-12-16(24)3-4-18(17)31-7-5-30(6-8-31)13-15-9-19(22(25,26)27)32-20(10-14-1-2-14)28-29-21(32)11-15/h3-4,9,11-12,14H,1-2,5-8,10,13H2. The Balaban J connectivity index is 1.33. The van der Waals surface area contributed by atoms with E-state index in [1.165, 1.54) is 18.2 Å². The molecule has 10 heteroatoms. The number of halogens is 5. The minimum atomic E-state index is -4.49. The van der Waals surface area contributed by atoms with Gasteiger partial charge in [-0.15, -0.1) is 10.2 Å². The highest BCUT2D eigenvalue weighted by Crippen LogP contribution is 2.35. The Labute approximate surface area is 187 Å². The van der Waals surface area contributed by atoms with Gasteiger partial charge in [0.15, 0.2) is 5.65 Å². The van der Waals surface area contributed by atoms with Gasteiger partial charge in [-0.05, 0) is 54.7 Å². The summed E-state index contributed by atoms with van der Waals surface area (Å²) in [4.78, 5) is 4.16. The van der Waals surface area contributed by atoms with Crippen molar-refractivity contribution in [1.82, 2.24) is 19.5 Å². The molecule has 1 aliphatic carbocycles. The van der Waals surface area contributed by atoms with E-state index in [0.29, 0.717) is 61.5 Å². The fraction of sp³-hybridized carbons (Fsp3) is 0.455. The Bertz CT molecular complexity index is 1130. The van der Waals surface area contributed by atoms with E-state index in [4.69, 9.17) is 11.6 Å². The van der Waals surface area contributed by atoms with E-state index < -0.39 is 11.9 Å². The molecule has 1 saturated carbocycles. The van der Waals surface area contributed by atoms with Gasteiger partial charge in [0.25, 0.3) is 0 Å². The van der Waals surface area contributed by atoms with Crippen molar-refractivity contribution in [1.29, 1.82) is 0 Å². The van der Waals surface area contributed by atoms with Crippen LogP contribution in [0.2, 0.25) is 5.02 Å². The molecule has 0 unspecified atom stereocenters. The Morgan fingerprint density at radius 3 is 2.41 bits per heavy atom. The molecule has 2 fully saturated rings. The van der Waals surface area contributed by atoms with Crippen molar-refractivity contribution in [2.45, 2.75) is 32.0 Å². The molecular formula is C22H22ClF4N5. The third kappa shape index (κ3) is 4.41. The van der Waals surface area contributed by atoms with E-state index in [0.717, 1.165) is 22.9 Å². The van der Waals surface area contributed by atoms with E-state index in [1.54, 1.807) is 12.1 Å². The van der Waals surface area contributed by atoms with Crippen LogP contribution in [0.4, 0.5) is 23.2 Å². The van der Waals surface area contributed by atoms with Crippen LogP contribution in [0.5, 0.6) is 0 Å². The predicted octanol–water partition coefficient (Wildman–Crippen LogP) is 4.82. The molecule has 0 atom stereocenters. The molecule has 0 spiro atoms. The first-order valence-electron chi connectivity index (χ1n) is 10.6. The maximum atomic E-state index is 13.9. The van der Waals surface area contributed by atoms with Gasteiger partial charge in [-0.3, -0.25) is 9.30 Å². The van der Waals surface area contributed by atoms with Crippen molar-refractivity contribution in [2.75, 3.05) is 31.1 Å². The fourth-order valence-corrected chi connectivity index (χ4v) is 4.58. The van der Waals surface area contributed by atoms with Gasteiger partial charge >= 0.3 is 6.18 Å². The second-order valence-electron chi connectivity index (χ2n) is 8.56. The Kier molecular flexibility index (Phi) is 5.49. The smallest absolute Gasteiger partial charge is 0.368 e. The molecule has 0 N–H and O–H groups in total. The predicted molar refractivity (Wildman–Crippen MR) is 113 cm³/mol. The number of hydrogen-bond donors (Lipinski definition) is 0. The largest absolute Gasteiger partial charge is 0.431 e. The molecule has 5 nitrogen and oxygen atoms in total. The van der Waals surface area contributed by atoms with Crippen LogP contribution in [0.3, 0.4) is 0 Å². The second kappa shape index (κ2) is 8.19. The molecule has 0 bridgehead atoms. The molecule has 2 aliphatic rings. The van der Waals surface area contributed by atoms with Gasteiger partial charge in [-0.25, -0.2) is 4.39 Å². The van der Waals surface area contributed by atoms with Crippen LogP contribution in [-0.4, -0.2) is 45.7 Å². The summed E-state index contributed by atoms with van der Waals surface area (Å²) in [7, 11) is 0. The molecular weight excluding hydrogens is 446 g/mol. The van der Waals surface area contributed by atoms with Crippen molar-refractivity contribution in [3.8, 4) is 0 Å². The highest BCUT2D eigenvalue weighted by Gasteiger charge is 2.36. The summed E-state index contributed by atoms with van der Waals surface area (Å²) in [5, 5.41) is 8.44. The van der Waals surface area contributed by atoms with Crippen LogP contribution < -0.4 is 4.90 Å². The summed E-state index contributed by atoms with van der Waals surface area (Å²) in [6.07, 6.45) is -1.91. The summed E-state index contributed by atoms with van der Waals surface area (Å²) < 4.78 is 56.0. The van der Waals surface area contributed by atoms with Gasteiger partial charge in [0.2, 0.25) is 0 Å². The Hall–Kier alpha value is -2.39. The molecule has 3 heterocycles. The summed E-state index contributed by atoms with van der Waals surface area (Å²) in [5.41, 5.74) is 0.841. The molecule has 1 aromatic carbocycles. The number of hydrogen-bond acceptors (Lipinski definition) is 4. The molecule has 2 aromatic heterocycles. The molecule has 0 radical (unpaired) electrons. The zero-order valence-electron chi connectivity index (χ0n) is 17.2. The first-order chi connectivity index (χ1) is 15.3. The maximum absolute atomic E-state index is 13.9. The average molecular weight is 468 g/mol. The molecule has 3 aromatic rings. The average Bonchev–Trinajstić information content (AvgIpc) is 3.46. The van der Waals surface area contributed by atoms with Crippen LogP contribution in [0.25, 0.3) is 5.65 Å². The first kappa shape index (κ1) is 21.5. The summed E-state index contributed by atoms with van der Waals surface area (Å²) in [5.74, 6) is 0.405. The minimum Gasteiger partial charge on any atom is -0.368 e. The summed E-state index contributed by atoms with van der Waals surface area (Å²) in [6.45, 7) is 2.99. The molecule has 170 valence electrons. The molecule has 1 aliphatic heterocycles. The normalized spacial score (nSPS) is 18.0. The van der Waals surface area contributed by atoms with E-state index in [9.17, 15) is 17.6 Å². The lowest BCUT2D eigenvalue weighted by Gasteiger charge is -2.36. The first-order valence-corrected chi connectivity index (χ1v) is 11.0. The van der Waals surface area contributed by atoms with Gasteiger partial charge in [0, 0.05) is 39.1 Å². The van der Waals surface area contributed by atoms with Crippen LogP contribution in [0, 0.1) is 11.7 Å². The Morgan fingerprint density at radius 2 is 1.75 bits per heavy atom. The number of piperazine rings is 1. The summed E-state index contributed by atoms with van der Waals surface area (Å²) in [6, 6.07) is 7.23. The lowest BCUT2D eigenvalue weighted by molar-refractivity contribution is -0.142. The van der Waals surface area contributed by atoms with Crippen molar-refractivity contribution in [3.05, 3.63) is 58.3 Å². The maximum Gasteiger partial charge on any atom is 0.431 e. The SMILES string of the molecule is Fc1ccc(N2CCN(Cc3cc(C(F)(F)F)n4c(CC5CC5)nnc4c3)CC2)c(Cl)c1. The molecule has 1 saturated heterocycles. The quantitative estimate of drug-likeness (QED) is 0.504. The van der Waals surface area contributed by atoms with Crippen molar-refractivity contribution < 1.29 is 17.6 Å². The van der Waals surface area contributed by atoms with E-state index in [-0.39, 0.29) is 11.5 Å². The minimum absolute atomic E-state index is 0.238. The topological polar surface area (TPSA) is 36.7 Å². The number of aromatic nitrogens is 3. The molecule has 5 rings (SSSR count). The van der Waals surface area contributed by atoms with E-state index in [2.05, 4.69) is 20.0 Å². The molecule has 32 heavy (non-hydrogen) atoms. The van der Waals surface area contributed by atoms with Crippen molar-refractivity contribution >= 4 is 22.9 Å². The summed E-state index contributed by atoms with van der Waals surface area (Å²) >= 11 is 6.16. The lowest BCUT2D eigenvalue weighted by atomic mass is 10.1. The number of fused-ring (bicyclic) bond motifs is 1. The third-order valence-corrected chi connectivity index (χ3v) is 6.42. The van der Waals surface area contributed by atoms with E-state index in [1.807, 2.05) is 0 Å². The number of anilines is 1. The van der Waals surface area contributed by atoms with Crippen molar-refractivity contribution in [3.63, 3.8) is 0 Å².